The van der Waals surface area contributed by atoms with Crippen LogP contribution in [-0.2, 0) is 16.6 Å². The number of alkyl halides is 2. The van der Waals surface area contributed by atoms with Crippen molar-refractivity contribution in [3.05, 3.63) is 71.6 Å². The summed E-state index contributed by atoms with van der Waals surface area (Å²) in [4.78, 5) is 4.43. The van der Waals surface area contributed by atoms with Crippen molar-refractivity contribution >= 4 is 26.7 Å². The summed E-state index contributed by atoms with van der Waals surface area (Å²) in [6.07, 6.45) is 0.270. The van der Waals surface area contributed by atoms with E-state index >= 15 is 0 Å². The van der Waals surface area contributed by atoms with E-state index in [2.05, 4.69) is 9.36 Å². The Balaban J connectivity index is 1.60. The first-order valence-electron chi connectivity index (χ1n) is 9.59. The van der Waals surface area contributed by atoms with Crippen LogP contribution in [-0.4, -0.2) is 35.1 Å². The Bertz CT molecular complexity index is 1190. The van der Waals surface area contributed by atoms with E-state index in [1.807, 2.05) is 4.72 Å². The van der Waals surface area contributed by atoms with Crippen LogP contribution < -0.4 is 4.72 Å². The summed E-state index contributed by atoms with van der Waals surface area (Å²) in [5.74, 6) is -4.97. The van der Waals surface area contributed by atoms with Gasteiger partial charge in [0.2, 0.25) is 5.13 Å². The number of likely N-dealkylation sites (tertiary alicyclic amines) is 1. The molecule has 1 aliphatic heterocycles. The van der Waals surface area contributed by atoms with Gasteiger partial charge in [-0.15, -0.1) is 0 Å². The standard InChI is InChI=1S/C20H18F4N4O2S2/c21-15-9-18(32(29,30)27-19-25-12-26-31-19)16(22)8-14(15)11-28-7-6-20(23,24)10-17(28)13-4-2-1-3-5-13/h1-5,8-9,12,17H,6-7,10-11H2,(H,25,26,27)/t17-/m0/s1. The summed E-state index contributed by atoms with van der Waals surface area (Å²) in [6.45, 7) is -0.172. The normalized spacial score (nSPS) is 19.1. The molecular weight excluding hydrogens is 468 g/mol. The zero-order valence-corrected chi connectivity index (χ0v) is 18.1. The van der Waals surface area contributed by atoms with E-state index in [0.29, 0.717) is 11.6 Å². The Morgan fingerprint density at radius 3 is 2.59 bits per heavy atom. The van der Waals surface area contributed by atoms with Gasteiger partial charge < -0.3 is 0 Å². The third-order valence-corrected chi connectivity index (χ3v) is 7.29. The zero-order valence-electron chi connectivity index (χ0n) is 16.5. The number of hydrogen-bond donors (Lipinski definition) is 1. The second kappa shape index (κ2) is 8.75. The van der Waals surface area contributed by atoms with Crippen LogP contribution in [0, 0.1) is 11.6 Å². The molecule has 1 atom stereocenters. The molecule has 2 aromatic carbocycles. The first-order chi connectivity index (χ1) is 15.1. The van der Waals surface area contributed by atoms with Gasteiger partial charge in [0.15, 0.2) is 0 Å². The van der Waals surface area contributed by atoms with Gasteiger partial charge in [-0.05, 0) is 17.7 Å². The molecule has 1 saturated heterocycles. The number of sulfonamides is 1. The summed E-state index contributed by atoms with van der Waals surface area (Å²) in [7, 11) is -4.43. The summed E-state index contributed by atoms with van der Waals surface area (Å²) >= 11 is 0.743. The highest BCUT2D eigenvalue weighted by Gasteiger charge is 2.41. The average molecular weight is 487 g/mol. The largest absolute Gasteiger partial charge is 0.292 e. The molecule has 0 bridgehead atoms. The lowest BCUT2D eigenvalue weighted by Crippen LogP contribution is -2.41. The van der Waals surface area contributed by atoms with Crippen molar-refractivity contribution in [2.45, 2.75) is 36.2 Å². The molecule has 170 valence electrons. The minimum Gasteiger partial charge on any atom is -0.292 e. The molecule has 2 heterocycles. The Morgan fingerprint density at radius 2 is 1.91 bits per heavy atom. The molecule has 0 unspecified atom stereocenters. The second-order valence-corrected chi connectivity index (χ2v) is 9.86. The quantitative estimate of drug-likeness (QED) is 0.516. The monoisotopic (exact) mass is 486 g/mol. The van der Waals surface area contributed by atoms with Crippen molar-refractivity contribution in [1.29, 1.82) is 0 Å². The summed E-state index contributed by atoms with van der Waals surface area (Å²) in [5, 5.41) is -0.0890. The maximum Gasteiger partial charge on any atom is 0.266 e. The Labute approximate surface area is 186 Å². The van der Waals surface area contributed by atoms with Crippen LogP contribution in [0.1, 0.15) is 30.0 Å². The molecule has 4 rings (SSSR count). The van der Waals surface area contributed by atoms with E-state index in [4.69, 9.17) is 0 Å². The van der Waals surface area contributed by atoms with Gasteiger partial charge in [0.25, 0.3) is 15.9 Å². The zero-order chi connectivity index (χ0) is 22.9. The highest BCUT2D eigenvalue weighted by molar-refractivity contribution is 7.93. The molecule has 0 aliphatic carbocycles. The molecule has 0 saturated carbocycles. The van der Waals surface area contributed by atoms with Crippen LogP contribution >= 0.6 is 11.5 Å². The molecule has 6 nitrogen and oxygen atoms in total. The molecule has 0 radical (unpaired) electrons. The highest BCUT2D eigenvalue weighted by Crippen LogP contribution is 2.40. The first kappa shape index (κ1) is 22.6. The summed E-state index contributed by atoms with van der Waals surface area (Å²) in [6, 6.07) is 9.33. The molecule has 32 heavy (non-hydrogen) atoms. The number of piperidine rings is 1. The van der Waals surface area contributed by atoms with E-state index in [1.165, 1.54) is 0 Å². The van der Waals surface area contributed by atoms with Crippen LogP contribution in [0.25, 0.3) is 0 Å². The van der Waals surface area contributed by atoms with Crippen molar-refractivity contribution in [1.82, 2.24) is 14.3 Å². The van der Waals surface area contributed by atoms with Crippen molar-refractivity contribution in [3.63, 3.8) is 0 Å². The summed E-state index contributed by atoms with van der Waals surface area (Å²) < 4.78 is 88.2. The highest BCUT2D eigenvalue weighted by atomic mass is 32.2. The van der Waals surface area contributed by atoms with Gasteiger partial charge in [0, 0.05) is 49.1 Å². The molecule has 1 aliphatic rings. The molecular formula is C20H18F4N4O2S2. The van der Waals surface area contributed by atoms with Crippen LogP contribution in [0.3, 0.4) is 0 Å². The number of benzene rings is 2. The number of nitrogens with one attached hydrogen (secondary N) is 1. The summed E-state index contributed by atoms with van der Waals surface area (Å²) in [5.41, 5.74) is 0.525. The van der Waals surface area contributed by atoms with Crippen LogP contribution in [0.4, 0.5) is 22.7 Å². The number of halogens is 4. The lowest BCUT2D eigenvalue weighted by atomic mass is 9.92. The number of aromatic nitrogens is 2. The van der Waals surface area contributed by atoms with Gasteiger partial charge in [-0.3, -0.25) is 9.62 Å². The fourth-order valence-corrected chi connectivity index (χ4v) is 5.41. The van der Waals surface area contributed by atoms with Gasteiger partial charge >= 0.3 is 0 Å². The Morgan fingerprint density at radius 1 is 1.16 bits per heavy atom. The van der Waals surface area contributed by atoms with Gasteiger partial charge in [0.05, 0.1) is 0 Å². The maximum atomic E-state index is 14.8. The lowest BCUT2D eigenvalue weighted by Gasteiger charge is -2.39. The number of nitrogens with zero attached hydrogens (tertiary/aromatic N) is 3. The van der Waals surface area contributed by atoms with Crippen molar-refractivity contribution in [2.75, 3.05) is 11.3 Å². The topological polar surface area (TPSA) is 75.2 Å². The van der Waals surface area contributed by atoms with E-state index in [-0.39, 0.29) is 23.8 Å². The van der Waals surface area contributed by atoms with E-state index < -0.39 is 51.4 Å². The Kier molecular flexibility index (Phi) is 6.19. The fraction of sp³-hybridized carbons (Fsp3) is 0.300. The minimum atomic E-state index is -4.43. The minimum absolute atomic E-state index is 0.0216. The molecule has 0 amide bonds. The maximum absolute atomic E-state index is 14.8. The Hall–Kier alpha value is -2.57. The van der Waals surface area contributed by atoms with Crippen molar-refractivity contribution < 1.29 is 26.0 Å². The molecule has 1 aromatic heterocycles. The second-order valence-electron chi connectivity index (χ2n) is 7.43. The van der Waals surface area contributed by atoms with Gasteiger partial charge in [-0.2, -0.15) is 4.37 Å². The molecule has 0 spiro atoms. The first-order valence-corrected chi connectivity index (χ1v) is 11.8. The van der Waals surface area contributed by atoms with Crippen molar-refractivity contribution in [2.24, 2.45) is 0 Å². The predicted molar refractivity (Wildman–Crippen MR) is 111 cm³/mol. The molecule has 1 N–H and O–H groups in total. The molecule has 1 fully saturated rings. The average Bonchev–Trinajstić information content (AvgIpc) is 3.24. The van der Waals surface area contributed by atoms with Crippen LogP contribution in [0.15, 0.2) is 53.7 Å². The third kappa shape index (κ3) is 4.92. The van der Waals surface area contributed by atoms with Crippen LogP contribution in [0.2, 0.25) is 0 Å². The van der Waals surface area contributed by atoms with Crippen molar-refractivity contribution in [3.8, 4) is 0 Å². The number of rotatable bonds is 6. The van der Waals surface area contributed by atoms with E-state index in [0.717, 1.165) is 23.9 Å². The lowest BCUT2D eigenvalue weighted by molar-refractivity contribution is -0.0816. The van der Waals surface area contributed by atoms with Crippen LogP contribution in [0.5, 0.6) is 0 Å². The van der Waals surface area contributed by atoms with E-state index in [9.17, 15) is 26.0 Å². The number of anilines is 1. The van der Waals surface area contributed by atoms with Gasteiger partial charge in [-0.1, -0.05) is 30.3 Å². The van der Waals surface area contributed by atoms with Gasteiger partial charge in [0.1, 0.15) is 22.9 Å². The molecule has 12 heteroatoms. The SMILES string of the molecule is O=S(=O)(Nc1ncns1)c1cc(F)c(CN2CCC(F)(F)C[C@H]2c2ccccc2)cc1F. The third-order valence-electron chi connectivity index (χ3n) is 5.23. The predicted octanol–water partition coefficient (Wildman–Crippen LogP) is 4.59. The van der Waals surface area contributed by atoms with Gasteiger partial charge in [-0.25, -0.2) is 31.0 Å². The number of hydrogen-bond acceptors (Lipinski definition) is 6. The fourth-order valence-electron chi connectivity index (χ4n) is 3.67. The molecule has 3 aromatic rings. The smallest absolute Gasteiger partial charge is 0.266 e. The van der Waals surface area contributed by atoms with E-state index in [1.54, 1.807) is 35.2 Å².